The van der Waals surface area contributed by atoms with Gasteiger partial charge in [0.05, 0.1) is 17.3 Å². The van der Waals surface area contributed by atoms with Crippen LogP contribution in [0.3, 0.4) is 0 Å². The fourth-order valence-electron chi connectivity index (χ4n) is 2.19. The van der Waals surface area contributed by atoms with E-state index in [1.54, 1.807) is 6.07 Å². The smallest absolute Gasteiger partial charge is 0.241 e. The molecule has 19 heavy (non-hydrogen) atoms. The Morgan fingerprint density at radius 2 is 2.05 bits per heavy atom. The molecular formula is C14H19N3O2. The average molecular weight is 261 g/mol. The molecule has 0 saturated carbocycles. The van der Waals surface area contributed by atoms with Crippen molar-refractivity contribution in [2.24, 2.45) is 11.3 Å². The maximum absolute atomic E-state index is 12.5. The lowest BCUT2D eigenvalue weighted by molar-refractivity contribution is -0.126. The molecule has 1 aliphatic heterocycles. The van der Waals surface area contributed by atoms with Gasteiger partial charge in [-0.3, -0.25) is 9.59 Å². The van der Waals surface area contributed by atoms with Crippen LogP contribution in [0.5, 0.6) is 0 Å². The number of aromatic nitrogens is 1. The molecule has 1 saturated heterocycles. The number of rotatable bonds is 2. The highest BCUT2D eigenvalue weighted by atomic mass is 16.2. The fraction of sp³-hybridized carbons (Fsp3) is 0.500. The molecule has 2 heterocycles. The molecule has 1 aliphatic rings. The van der Waals surface area contributed by atoms with Crippen LogP contribution in [-0.2, 0) is 9.59 Å². The van der Waals surface area contributed by atoms with Crippen LogP contribution in [0.1, 0.15) is 32.8 Å². The van der Waals surface area contributed by atoms with E-state index in [1.807, 2.05) is 27.7 Å². The van der Waals surface area contributed by atoms with Gasteiger partial charge < -0.3 is 5.73 Å². The summed E-state index contributed by atoms with van der Waals surface area (Å²) in [5.74, 6) is 0.0944. The van der Waals surface area contributed by atoms with Crippen molar-refractivity contribution in [1.82, 2.24) is 4.98 Å². The van der Waals surface area contributed by atoms with Crippen molar-refractivity contribution in [2.75, 3.05) is 10.6 Å². The second kappa shape index (κ2) is 4.33. The molecule has 1 fully saturated rings. The van der Waals surface area contributed by atoms with Gasteiger partial charge in [-0.1, -0.05) is 13.8 Å². The number of anilines is 2. The fourth-order valence-corrected chi connectivity index (χ4v) is 2.19. The molecule has 2 rings (SSSR count). The van der Waals surface area contributed by atoms with Crippen LogP contribution in [0.4, 0.5) is 11.5 Å². The molecule has 2 N–H and O–H groups in total. The molecule has 1 aromatic heterocycles. The van der Waals surface area contributed by atoms with Gasteiger partial charge >= 0.3 is 0 Å². The molecule has 0 bridgehead atoms. The van der Waals surface area contributed by atoms with E-state index in [1.165, 1.54) is 11.1 Å². The standard InChI is InChI=1S/C14H19N3O2/c1-8(2)14(4)6-12(18)17(13(14)19)11-5-9(3)10(15)7-16-11/h5,7-8H,6,15H2,1-4H3. The van der Waals surface area contributed by atoms with Gasteiger partial charge in [0, 0.05) is 6.42 Å². The third kappa shape index (κ3) is 1.99. The number of nitrogen functional groups attached to an aromatic ring is 1. The van der Waals surface area contributed by atoms with Crippen molar-refractivity contribution < 1.29 is 9.59 Å². The Labute approximate surface area is 112 Å². The Morgan fingerprint density at radius 3 is 2.53 bits per heavy atom. The first-order valence-electron chi connectivity index (χ1n) is 6.37. The van der Waals surface area contributed by atoms with Crippen molar-refractivity contribution in [3.63, 3.8) is 0 Å². The van der Waals surface area contributed by atoms with E-state index in [2.05, 4.69) is 4.98 Å². The summed E-state index contributed by atoms with van der Waals surface area (Å²) in [5, 5.41) is 0. The van der Waals surface area contributed by atoms with Gasteiger partial charge in [-0.25, -0.2) is 9.88 Å². The maximum Gasteiger partial charge on any atom is 0.241 e. The van der Waals surface area contributed by atoms with E-state index < -0.39 is 5.41 Å². The number of hydrogen-bond donors (Lipinski definition) is 1. The van der Waals surface area contributed by atoms with Gasteiger partial charge in [0.1, 0.15) is 5.82 Å². The average Bonchev–Trinajstić information content (AvgIpc) is 2.55. The molecule has 0 radical (unpaired) electrons. The van der Waals surface area contributed by atoms with Crippen LogP contribution < -0.4 is 10.6 Å². The minimum absolute atomic E-state index is 0.101. The third-order valence-corrected chi connectivity index (χ3v) is 4.10. The number of amides is 2. The molecule has 1 aromatic rings. The Bertz CT molecular complexity index is 554. The number of hydrogen-bond acceptors (Lipinski definition) is 4. The number of carbonyl (C=O) groups excluding carboxylic acids is 2. The van der Waals surface area contributed by atoms with E-state index in [-0.39, 0.29) is 24.2 Å². The van der Waals surface area contributed by atoms with Crippen molar-refractivity contribution in [2.45, 2.75) is 34.1 Å². The number of aryl methyl sites for hydroxylation is 1. The van der Waals surface area contributed by atoms with Gasteiger partial charge in [0.25, 0.3) is 0 Å². The van der Waals surface area contributed by atoms with Crippen LogP contribution in [0.2, 0.25) is 0 Å². The number of pyridine rings is 1. The SMILES string of the molecule is Cc1cc(N2C(=O)CC(C)(C(C)C)C2=O)ncc1N. The summed E-state index contributed by atoms with van der Waals surface area (Å²) in [6.45, 7) is 7.57. The van der Waals surface area contributed by atoms with Crippen molar-refractivity contribution in [3.05, 3.63) is 17.8 Å². The summed E-state index contributed by atoms with van der Waals surface area (Å²) in [5.41, 5.74) is 6.42. The summed E-state index contributed by atoms with van der Waals surface area (Å²) < 4.78 is 0. The van der Waals surface area contributed by atoms with Crippen LogP contribution in [0.25, 0.3) is 0 Å². The molecule has 1 unspecified atom stereocenters. The highest BCUT2D eigenvalue weighted by Gasteiger charge is 2.51. The third-order valence-electron chi connectivity index (χ3n) is 4.10. The minimum atomic E-state index is -0.645. The summed E-state index contributed by atoms with van der Waals surface area (Å²) in [6.07, 6.45) is 1.71. The van der Waals surface area contributed by atoms with E-state index >= 15 is 0 Å². The lowest BCUT2D eigenvalue weighted by Crippen LogP contribution is -2.37. The monoisotopic (exact) mass is 261 g/mol. The summed E-state index contributed by atoms with van der Waals surface area (Å²) in [6, 6.07) is 1.68. The number of nitrogens with zero attached hydrogens (tertiary/aromatic N) is 2. The molecular weight excluding hydrogens is 242 g/mol. The molecule has 2 amide bonds. The zero-order valence-corrected chi connectivity index (χ0v) is 11.7. The Balaban J connectivity index is 2.43. The zero-order chi connectivity index (χ0) is 14.4. The van der Waals surface area contributed by atoms with E-state index in [4.69, 9.17) is 5.73 Å². The molecule has 5 nitrogen and oxygen atoms in total. The number of carbonyl (C=O) groups is 2. The van der Waals surface area contributed by atoms with E-state index in [9.17, 15) is 9.59 Å². The second-order valence-corrected chi connectivity index (χ2v) is 5.68. The van der Waals surface area contributed by atoms with E-state index in [0.29, 0.717) is 11.5 Å². The maximum atomic E-state index is 12.5. The molecule has 1 atom stereocenters. The number of imide groups is 1. The lowest BCUT2D eigenvalue weighted by atomic mass is 9.78. The first kappa shape index (κ1) is 13.5. The van der Waals surface area contributed by atoms with Gasteiger partial charge in [0.15, 0.2) is 0 Å². The van der Waals surface area contributed by atoms with Gasteiger partial charge in [-0.05, 0) is 31.4 Å². The minimum Gasteiger partial charge on any atom is -0.397 e. The van der Waals surface area contributed by atoms with Crippen molar-refractivity contribution >= 4 is 23.3 Å². The Morgan fingerprint density at radius 1 is 1.42 bits per heavy atom. The topological polar surface area (TPSA) is 76.3 Å². The summed E-state index contributed by atoms with van der Waals surface area (Å²) in [4.78, 5) is 29.9. The van der Waals surface area contributed by atoms with Crippen LogP contribution >= 0.6 is 0 Å². The molecule has 0 spiro atoms. The predicted octanol–water partition coefficient (Wildman–Crippen LogP) is 1.90. The lowest BCUT2D eigenvalue weighted by Gasteiger charge is -2.25. The predicted molar refractivity (Wildman–Crippen MR) is 73.4 cm³/mol. The van der Waals surface area contributed by atoms with Crippen LogP contribution in [0.15, 0.2) is 12.3 Å². The largest absolute Gasteiger partial charge is 0.397 e. The normalized spacial score (nSPS) is 23.5. The van der Waals surface area contributed by atoms with Crippen LogP contribution in [-0.4, -0.2) is 16.8 Å². The molecule has 0 aromatic carbocycles. The zero-order valence-electron chi connectivity index (χ0n) is 11.7. The molecule has 0 aliphatic carbocycles. The quantitative estimate of drug-likeness (QED) is 0.825. The summed E-state index contributed by atoms with van der Waals surface area (Å²) >= 11 is 0. The first-order chi connectivity index (χ1) is 8.77. The highest BCUT2D eigenvalue weighted by molar-refractivity contribution is 6.22. The summed E-state index contributed by atoms with van der Waals surface area (Å²) in [7, 11) is 0. The van der Waals surface area contributed by atoms with Gasteiger partial charge in [0.2, 0.25) is 11.8 Å². The second-order valence-electron chi connectivity index (χ2n) is 5.68. The first-order valence-corrected chi connectivity index (χ1v) is 6.37. The Kier molecular flexibility index (Phi) is 3.08. The van der Waals surface area contributed by atoms with Crippen molar-refractivity contribution in [3.8, 4) is 0 Å². The van der Waals surface area contributed by atoms with E-state index in [0.717, 1.165) is 5.56 Å². The van der Waals surface area contributed by atoms with Gasteiger partial charge in [-0.2, -0.15) is 0 Å². The van der Waals surface area contributed by atoms with Gasteiger partial charge in [-0.15, -0.1) is 0 Å². The highest BCUT2D eigenvalue weighted by Crippen LogP contribution is 2.40. The molecule has 5 heteroatoms. The Hall–Kier alpha value is -1.91. The molecule has 102 valence electrons. The number of nitrogens with two attached hydrogens (primary N) is 1. The van der Waals surface area contributed by atoms with Crippen LogP contribution in [0, 0.1) is 18.3 Å². The van der Waals surface area contributed by atoms with Crippen molar-refractivity contribution in [1.29, 1.82) is 0 Å².